The molecule has 0 radical (unpaired) electrons. The van der Waals surface area contributed by atoms with E-state index < -0.39 is 0 Å². The van der Waals surface area contributed by atoms with Gasteiger partial charge in [0.05, 0.1) is 24.9 Å². The standard InChI is InChI=1S/C19H17N7OS/c1-11-6-14(28-24-11)9-25-12(2)23-18-16(25)7-13(8-20-18)15-4-5-26-17(15)19(27-3)21-10-22-26/h4-8,10H,9H2,1-3H3. The highest BCUT2D eigenvalue weighted by Gasteiger charge is 2.16. The molecule has 0 N–H and O–H groups in total. The molecular weight excluding hydrogens is 374 g/mol. The van der Waals surface area contributed by atoms with E-state index in [1.54, 1.807) is 11.6 Å². The van der Waals surface area contributed by atoms with Crippen molar-refractivity contribution in [1.82, 2.24) is 33.5 Å². The molecule has 9 heteroatoms. The van der Waals surface area contributed by atoms with Crippen LogP contribution in [0.2, 0.25) is 0 Å². The van der Waals surface area contributed by atoms with Crippen LogP contribution in [0, 0.1) is 13.8 Å². The van der Waals surface area contributed by atoms with Gasteiger partial charge in [-0.25, -0.2) is 14.5 Å². The number of nitrogens with zero attached hydrogens (tertiary/aromatic N) is 7. The molecule has 5 aromatic rings. The van der Waals surface area contributed by atoms with Gasteiger partial charge in [-0.2, -0.15) is 14.5 Å². The summed E-state index contributed by atoms with van der Waals surface area (Å²) < 4.78 is 13.7. The van der Waals surface area contributed by atoms with Gasteiger partial charge in [0.15, 0.2) is 5.65 Å². The Balaban J connectivity index is 1.67. The minimum atomic E-state index is 0.528. The second-order valence-electron chi connectivity index (χ2n) is 6.54. The molecular formula is C19H17N7OS. The van der Waals surface area contributed by atoms with Crippen molar-refractivity contribution in [2.45, 2.75) is 20.4 Å². The second kappa shape index (κ2) is 6.38. The fourth-order valence-corrected chi connectivity index (χ4v) is 4.15. The van der Waals surface area contributed by atoms with Crippen molar-refractivity contribution in [3.05, 3.63) is 53.3 Å². The van der Waals surface area contributed by atoms with Crippen LogP contribution in [-0.4, -0.2) is 40.6 Å². The minimum Gasteiger partial charge on any atom is -0.479 e. The van der Waals surface area contributed by atoms with Crippen molar-refractivity contribution >= 4 is 28.2 Å². The van der Waals surface area contributed by atoms with E-state index in [0.717, 1.165) is 45.9 Å². The zero-order valence-corrected chi connectivity index (χ0v) is 16.4. The number of hydrogen-bond donors (Lipinski definition) is 0. The Morgan fingerprint density at radius 2 is 2.07 bits per heavy atom. The molecule has 5 heterocycles. The number of fused-ring (bicyclic) bond motifs is 2. The first-order valence-electron chi connectivity index (χ1n) is 8.76. The molecule has 140 valence electrons. The number of imidazole rings is 1. The predicted octanol–water partition coefficient (Wildman–Crippen LogP) is 3.27. The summed E-state index contributed by atoms with van der Waals surface area (Å²) in [6.45, 7) is 4.73. The van der Waals surface area contributed by atoms with E-state index in [2.05, 4.69) is 41.1 Å². The van der Waals surface area contributed by atoms with Crippen molar-refractivity contribution in [2.75, 3.05) is 7.11 Å². The van der Waals surface area contributed by atoms with Crippen LogP contribution in [0.15, 0.2) is 36.9 Å². The van der Waals surface area contributed by atoms with Gasteiger partial charge in [-0.05, 0) is 43.6 Å². The van der Waals surface area contributed by atoms with Gasteiger partial charge in [-0.3, -0.25) is 0 Å². The monoisotopic (exact) mass is 391 g/mol. The maximum absolute atomic E-state index is 5.43. The summed E-state index contributed by atoms with van der Waals surface area (Å²) in [5.41, 5.74) is 5.49. The number of rotatable bonds is 4. The maximum atomic E-state index is 5.43. The summed E-state index contributed by atoms with van der Waals surface area (Å²) in [6, 6.07) is 6.21. The molecule has 0 aromatic carbocycles. The molecule has 0 aliphatic heterocycles. The number of hydrogen-bond acceptors (Lipinski definition) is 7. The van der Waals surface area contributed by atoms with Crippen LogP contribution in [0.4, 0.5) is 0 Å². The van der Waals surface area contributed by atoms with Crippen molar-refractivity contribution in [3.8, 4) is 17.0 Å². The Kier molecular flexibility index (Phi) is 3.83. The predicted molar refractivity (Wildman–Crippen MR) is 107 cm³/mol. The quantitative estimate of drug-likeness (QED) is 0.468. The summed E-state index contributed by atoms with van der Waals surface area (Å²) in [4.78, 5) is 14.6. The molecule has 0 saturated carbocycles. The molecule has 0 amide bonds. The fourth-order valence-electron chi connectivity index (χ4n) is 3.42. The maximum Gasteiger partial charge on any atom is 0.241 e. The molecule has 0 bridgehead atoms. The molecule has 0 fully saturated rings. The van der Waals surface area contributed by atoms with E-state index in [4.69, 9.17) is 4.74 Å². The highest BCUT2D eigenvalue weighted by molar-refractivity contribution is 7.05. The average molecular weight is 391 g/mol. The first kappa shape index (κ1) is 16.8. The van der Waals surface area contributed by atoms with E-state index in [-0.39, 0.29) is 0 Å². The Morgan fingerprint density at radius 1 is 1.18 bits per heavy atom. The molecule has 0 saturated heterocycles. The van der Waals surface area contributed by atoms with Crippen LogP contribution in [0.3, 0.4) is 0 Å². The Bertz CT molecular complexity index is 1320. The van der Waals surface area contributed by atoms with Gasteiger partial charge in [-0.15, -0.1) is 0 Å². The van der Waals surface area contributed by atoms with Crippen molar-refractivity contribution in [3.63, 3.8) is 0 Å². The van der Waals surface area contributed by atoms with Crippen molar-refractivity contribution in [1.29, 1.82) is 0 Å². The van der Waals surface area contributed by atoms with Gasteiger partial charge < -0.3 is 9.30 Å². The van der Waals surface area contributed by atoms with Crippen LogP contribution in [-0.2, 0) is 6.54 Å². The largest absolute Gasteiger partial charge is 0.479 e. The van der Waals surface area contributed by atoms with E-state index >= 15 is 0 Å². The normalized spacial score (nSPS) is 11.5. The van der Waals surface area contributed by atoms with Gasteiger partial charge >= 0.3 is 0 Å². The number of aromatic nitrogens is 7. The first-order valence-corrected chi connectivity index (χ1v) is 9.53. The van der Waals surface area contributed by atoms with Crippen LogP contribution < -0.4 is 4.74 Å². The lowest BCUT2D eigenvalue weighted by molar-refractivity contribution is 0.399. The van der Waals surface area contributed by atoms with Crippen molar-refractivity contribution in [2.24, 2.45) is 0 Å². The first-order chi connectivity index (χ1) is 13.6. The lowest BCUT2D eigenvalue weighted by Gasteiger charge is -2.07. The van der Waals surface area contributed by atoms with E-state index in [1.165, 1.54) is 22.7 Å². The third-order valence-electron chi connectivity index (χ3n) is 4.71. The zero-order valence-electron chi connectivity index (χ0n) is 15.6. The molecule has 0 spiro atoms. The number of aryl methyl sites for hydroxylation is 2. The van der Waals surface area contributed by atoms with E-state index in [1.807, 2.05) is 32.3 Å². The Morgan fingerprint density at radius 3 is 2.86 bits per heavy atom. The zero-order chi connectivity index (χ0) is 19.3. The minimum absolute atomic E-state index is 0.528. The summed E-state index contributed by atoms with van der Waals surface area (Å²) in [7, 11) is 1.61. The van der Waals surface area contributed by atoms with Crippen LogP contribution in [0.1, 0.15) is 16.4 Å². The molecule has 5 aromatic heterocycles. The number of ether oxygens (including phenoxy) is 1. The topological polar surface area (TPSA) is 83.0 Å². The SMILES string of the molecule is COc1ncnn2ccc(-c3cnc4nc(C)n(Cc5cc(C)ns5)c4c3)c12. The highest BCUT2D eigenvalue weighted by atomic mass is 32.1. The molecule has 0 atom stereocenters. The highest BCUT2D eigenvalue weighted by Crippen LogP contribution is 2.31. The smallest absolute Gasteiger partial charge is 0.241 e. The summed E-state index contributed by atoms with van der Waals surface area (Å²) in [6.07, 6.45) is 5.20. The molecule has 5 rings (SSSR count). The van der Waals surface area contributed by atoms with Crippen LogP contribution in [0.5, 0.6) is 5.88 Å². The summed E-state index contributed by atoms with van der Waals surface area (Å²) in [5.74, 6) is 1.45. The van der Waals surface area contributed by atoms with Gasteiger partial charge in [0.25, 0.3) is 0 Å². The van der Waals surface area contributed by atoms with Crippen molar-refractivity contribution < 1.29 is 4.74 Å². The molecule has 8 nitrogen and oxygen atoms in total. The van der Waals surface area contributed by atoms with Gasteiger partial charge in [0.1, 0.15) is 17.7 Å². The lowest BCUT2D eigenvalue weighted by atomic mass is 10.1. The third kappa shape index (κ3) is 2.63. The van der Waals surface area contributed by atoms with Gasteiger partial charge in [-0.1, -0.05) is 0 Å². The number of methoxy groups -OCH3 is 1. The average Bonchev–Trinajstić information content (AvgIpc) is 3.39. The second-order valence-corrected chi connectivity index (χ2v) is 7.43. The summed E-state index contributed by atoms with van der Waals surface area (Å²) >= 11 is 1.52. The Hall–Kier alpha value is -3.33. The molecule has 0 unspecified atom stereocenters. The molecule has 28 heavy (non-hydrogen) atoms. The lowest BCUT2D eigenvalue weighted by Crippen LogP contribution is -2.00. The van der Waals surface area contributed by atoms with E-state index in [9.17, 15) is 0 Å². The van der Waals surface area contributed by atoms with Gasteiger partial charge in [0.2, 0.25) is 5.88 Å². The van der Waals surface area contributed by atoms with E-state index in [0.29, 0.717) is 5.88 Å². The Labute approximate surface area is 164 Å². The molecule has 0 aliphatic carbocycles. The summed E-state index contributed by atoms with van der Waals surface area (Å²) in [5, 5.41) is 4.26. The fraction of sp³-hybridized carbons (Fsp3) is 0.211. The third-order valence-corrected chi connectivity index (χ3v) is 5.57. The molecule has 0 aliphatic rings. The van der Waals surface area contributed by atoms with Crippen LogP contribution >= 0.6 is 11.5 Å². The van der Waals surface area contributed by atoms with Crippen LogP contribution in [0.25, 0.3) is 27.8 Å². The number of pyridine rings is 1. The van der Waals surface area contributed by atoms with Gasteiger partial charge in [0, 0.05) is 28.4 Å².